The minimum atomic E-state index is 0.00828. The number of nitrogens with zero attached hydrogens (tertiary/aromatic N) is 2. The predicted molar refractivity (Wildman–Crippen MR) is 82.8 cm³/mol. The molecule has 1 heterocycles. The van der Waals surface area contributed by atoms with Gasteiger partial charge in [-0.3, -0.25) is 4.79 Å². The van der Waals surface area contributed by atoms with Gasteiger partial charge < -0.3 is 15.5 Å². The Morgan fingerprint density at radius 3 is 2.65 bits per heavy atom. The van der Waals surface area contributed by atoms with Crippen molar-refractivity contribution in [2.75, 3.05) is 31.6 Å². The number of rotatable bonds is 9. The number of aromatic nitrogens is 1. The zero-order valence-electron chi connectivity index (χ0n) is 12.8. The minimum Gasteiger partial charge on any atom is -0.358 e. The maximum atomic E-state index is 11.5. The minimum absolute atomic E-state index is 0.00828. The Morgan fingerprint density at radius 2 is 2.10 bits per heavy atom. The van der Waals surface area contributed by atoms with Crippen molar-refractivity contribution in [1.82, 2.24) is 15.6 Å². The van der Waals surface area contributed by atoms with Crippen molar-refractivity contribution in [3.8, 4) is 0 Å². The van der Waals surface area contributed by atoms with Gasteiger partial charge in [0.1, 0.15) is 5.82 Å². The van der Waals surface area contributed by atoms with Crippen LogP contribution in [0.3, 0.4) is 0 Å². The van der Waals surface area contributed by atoms with E-state index in [4.69, 9.17) is 0 Å². The second-order valence-corrected chi connectivity index (χ2v) is 4.80. The molecule has 2 N–H and O–H groups in total. The first-order chi connectivity index (χ1) is 9.71. The number of carbonyl (C=O) groups is 1. The Hall–Kier alpha value is -1.62. The Labute approximate surface area is 121 Å². The fraction of sp³-hybridized carbons (Fsp3) is 0.600. The number of nitrogens with one attached hydrogen (secondary N) is 2. The lowest BCUT2D eigenvalue weighted by Crippen LogP contribution is -2.36. The summed E-state index contributed by atoms with van der Waals surface area (Å²) in [7, 11) is 1.66. The average Bonchev–Trinajstić information content (AvgIpc) is 2.47. The highest BCUT2D eigenvalue weighted by Crippen LogP contribution is 2.11. The van der Waals surface area contributed by atoms with E-state index in [9.17, 15) is 4.79 Å². The van der Waals surface area contributed by atoms with E-state index in [-0.39, 0.29) is 5.91 Å². The first kappa shape index (κ1) is 16.4. The zero-order chi connectivity index (χ0) is 14.8. The first-order valence-electron chi connectivity index (χ1n) is 7.32. The average molecular weight is 278 g/mol. The van der Waals surface area contributed by atoms with Crippen LogP contribution >= 0.6 is 0 Å². The lowest BCUT2D eigenvalue weighted by atomic mass is 10.2. The number of anilines is 1. The molecule has 5 nitrogen and oxygen atoms in total. The van der Waals surface area contributed by atoms with Gasteiger partial charge in [0.2, 0.25) is 5.91 Å². The molecule has 5 heteroatoms. The zero-order valence-corrected chi connectivity index (χ0v) is 12.8. The van der Waals surface area contributed by atoms with Crippen LogP contribution in [-0.4, -0.2) is 37.6 Å². The van der Waals surface area contributed by atoms with E-state index in [1.807, 2.05) is 17.2 Å². The summed E-state index contributed by atoms with van der Waals surface area (Å²) < 4.78 is 0. The van der Waals surface area contributed by atoms with Gasteiger partial charge in [-0.1, -0.05) is 19.9 Å². The van der Waals surface area contributed by atoms with E-state index in [0.717, 1.165) is 38.3 Å². The van der Waals surface area contributed by atoms with E-state index in [0.29, 0.717) is 6.54 Å². The van der Waals surface area contributed by atoms with Crippen molar-refractivity contribution in [1.29, 1.82) is 0 Å². The molecule has 0 spiro atoms. The number of hydrogen-bond acceptors (Lipinski definition) is 4. The van der Waals surface area contributed by atoms with Crippen molar-refractivity contribution in [3.63, 3.8) is 0 Å². The van der Waals surface area contributed by atoms with E-state index >= 15 is 0 Å². The van der Waals surface area contributed by atoms with E-state index in [1.165, 1.54) is 5.56 Å². The molecule has 0 bridgehead atoms. The molecule has 0 saturated heterocycles. The third-order valence-electron chi connectivity index (χ3n) is 3.00. The van der Waals surface area contributed by atoms with Crippen LogP contribution in [0.15, 0.2) is 18.3 Å². The summed E-state index contributed by atoms with van der Waals surface area (Å²) in [5.41, 5.74) is 1.17. The summed E-state index contributed by atoms with van der Waals surface area (Å²) in [6.45, 7) is 7.28. The molecule has 112 valence electrons. The molecule has 1 rings (SSSR count). The van der Waals surface area contributed by atoms with Crippen molar-refractivity contribution in [2.45, 2.75) is 33.2 Å². The number of likely N-dealkylation sites (N-methyl/N-ethyl adjacent to an activating group) is 1. The van der Waals surface area contributed by atoms with Crippen molar-refractivity contribution < 1.29 is 4.79 Å². The summed E-state index contributed by atoms with van der Waals surface area (Å²) in [5, 5.41) is 6.00. The number of carbonyl (C=O) groups excluding carboxylic acids is 1. The lowest BCUT2D eigenvalue weighted by Gasteiger charge is -2.22. The van der Waals surface area contributed by atoms with Crippen LogP contribution in [0.4, 0.5) is 5.82 Å². The van der Waals surface area contributed by atoms with Crippen LogP contribution in [-0.2, 0) is 11.3 Å². The molecule has 0 unspecified atom stereocenters. The molecule has 0 saturated carbocycles. The molecule has 1 aromatic heterocycles. The molecular weight excluding hydrogens is 252 g/mol. The van der Waals surface area contributed by atoms with Crippen LogP contribution in [0.1, 0.15) is 32.3 Å². The van der Waals surface area contributed by atoms with Gasteiger partial charge in [-0.15, -0.1) is 0 Å². The molecule has 1 amide bonds. The van der Waals surface area contributed by atoms with Crippen LogP contribution in [0.5, 0.6) is 0 Å². The molecule has 0 radical (unpaired) electrons. The molecule has 0 aliphatic heterocycles. The molecule has 0 aromatic carbocycles. The highest BCUT2D eigenvalue weighted by molar-refractivity contribution is 5.80. The highest BCUT2D eigenvalue weighted by Gasteiger charge is 2.10. The Morgan fingerprint density at radius 1 is 1.30 bits per heavy atom. The molecule has 0 fully saturated rings. The summed E-state index contributed by atoms with van der Waals surface area (Å²) in [6, 6.07) is 4.05. The van der Waals surface area contributed by atoms with Crippen LogP contribution < -0.4 is 15.5 Å². The Kier molecular flexibility index (Phi) is 7.65. The topological polar surface area (TPSA) is 57.3 Å². The van der Waals surface area contributed by atoms with Crippen molar-refractivity contribution >= 4 is 11.7 Å². The first-order valence-corrected chi connectivity index (χ1v) is 7.32. The summed E-state index contributed by atoms with van der Waals surface area (Å²) >= 11 is 0. The largest absolute Gasteiger partial charge is 0.358 e. The Balaban J connectivity index is 2.64. The molecule has 20 heavy (non-hydrogen) atoms. The second-order valence-electron chi connectivity index (χ2n) is 4.80. The fourth-order valence-corrected chi connectivity index (χ4v) is 1.91. The maximum absolute atomic E-state index is 11.5. The normalized spacial score (nSPS) is 10.3. The summed E-state index contributed by atoms with van der Waals surface area (Å²) in [6.07, 6.45) is 3.99. The van der Waals surface area contributed by atoms with Gasteiger partial charge in [-0.05, 0) is 31.0 Å². The van der Waals surface area contributed by atoms with Gasteiger partial charge in [-0.2, -0.15) is 0 Å². The van der Waals surface area contributed by atoms with Crippen LogP contribution in [0.25, 0.3) is 0 Å². The third-order valence-corrected chi connectivity index (χ3v) is 3.00. The quantitative estimate of drug-likeness (QED) is 0.673. The number of amides is 1. The molecule has 0 atom stereocenters. The van der Waals surface area contributed by atoms with Crippen molar-refractivity contribution in [2.24, 2.45) is 0 Å². The van der Waals surface area contributed by atoms with Crippen LogP contribution in [0, 0.1) is 0 Å². The standard InChI is InChI=1S/C15H26N4O/c1-4-8-17-10-13-6-7-14(18-11-13)19(9-5-2)12-15(20)16-3/h6-7,11,17H,4-5,8-10,12H2,1-3H3,(H,16,20). The van der Waals surface area contributed by atoms with Crippen molar-refractivity contribution in [3.05, 3.63) is 23.9 Å². The van der Waals surface area contributed by atoms with E-state index < -0.39 is 0 Å². The van der Waals surface area contributed by atoms with Gasteiger partial charge >= 0.3 is 0 Å². The monoisotopic (exact) mass is 278 g/mol. The molecule has 0 aliphatic rings. The molecule has 1 aromatic rings. The van der Waals surface area contributed by atoms with Crippen LogP contribution in [0.2, 0.25) is 0 Å². The second kappa shape index (κ2) is 9.31. The van der Waals surface area contributed by atoms with Gasteiger partial charge in [0.15, 0.2) is 0 Å². The molecule has 0 aliphatic carbocycles. The smallest absolute Gasteiger partial charge is 0.239 e. The maximum Gasteiger partial charge on any atom is 0.239 e. The fourth-order valence-electron chi connectivity index (χ4n) is 1.91. The third kappa shape index (κ3) is 5.57. The van der Waals surface area contributed by atoms with Gasteiger partial charge in [0, 0.05) is 26.3 Å². The summed E-state index contributed by atoms with van der Waals surface area (Å²) in [5.74, 6) is 0.864. The molecular formula is C15H26N4O. The van der Waals surface area contributed by atoms with E-state index in [2.05, 4.69) is 35.5 Å². The number of pyridine rings is 1. The highest BCUT2D eigenvalue weighted by atomic mass is 16.1. The number of hydrogen-bond donors (Lipinski definition) is 2. The van der Waals surface area contributed by atoms with E-state index in [1.54, 1.807) is 7.05 Å². The predicted octanol–water partition coefficient (Wildman–Crippen LogP) is 1.54. The van der Waals surface area contributed by atoms with Gasteiger partial charge in [0.25, 0.3) is 0 Å². The SMILES string of the molecule is CCCNCc1ccc(N(CCC)CC(=O)NC)nc1. The Bertz CT molecular complexity index is 391. The lowest BCUT2D eigenvalue weighted by molar-refractivity contribution is -0.119. The van der Waals surface area contributed by atoms with Gasteiger partial charge in [0.05, 0.1) is 6.54 Å². The van der Waals surface area contributed by atoms with Gasteiger partial charge in [-0.25, -0.2) is 4.98 Å². The summed E-state index contributed by atoms with van der Waals surface area (Å²) in [4.78, 5) is 18.0.